The summed E-state index contributed by atoms with van der Waals surface area (Å²) in [5.41, 5.74) is 1.52. The van der Waals surface area contributed by atoms with Gasteiger partial charge in [-0.25, -0.2) is 0 Å². The molecule has 2 aromatic carbocycles. The number of hydrogen-bond donors (Lipinski definition) is 1. The molecule has 1 atom stereocenters. The van der Waals surface area contributed by atoms with Crippen LogP contribution in [0.3, 0.4) is 0 Å². The molecule has 4 nitrogen and oxygen atoms in total. The second kappa shape index (κ2) is 6.40. The maximum Gasteiger partial charge on any atom is 0.255 e. The Bertz CT molecular complexity index is 702. The Morgan fingerprint density at radius 1 is 1.14 bits per heavy atom. The molecular weight excluding hydrogens is 346 g/mol. The van der Waals surface area contributed by atoms with Crippen LogP contribution in [0.15, 0.2) is 46.9 Å². The molecule has 1 N–H and O–H groups in total. The monoisotopic (exact) mass is 361 g/mol. The summed E-state index contributed by atoms with van der Waals surface area (Å²) in [7, 11) is 0. The van der Waals surface area contributed by atoms with E-state index in [-0.39, 0.29) is 11.9 Å². The van der Waals surface area contributed by atoms with E-state index in [0.717, 1.165) is 10.0 Å². The van der Waals surface area contributed by atoms with Gasteiger partial charge in [-0.15, -0.1) is 0 Å². The lowest BCUT2D eigenvalue weighted by Gasteiger charge is -2.22. The summed E-state index contributed by atoms with van der Waals surface area (Å²) in [4.78, 5) is 12.5. The number of carbonyl (C=O) groups is 1. The predicted molar refractivity (Wildman–Crippen MR) is 87.5 cm³/mol. The molecule has 0 spiro atoms. The van der Waals surface area contributed by atoms with E-state index in [9.17, 15) is 4.79 Å². The molecule has 1 heterocycles. The van der Waals surface area contributed by atoms with Crippen LogP contribution in [0.1, 0.15) is 28.9 Å². The molecule has 22 heavy (non-hydrogen) atoms. The van der Waals surface area contributed by atoms with E-state index in [1.54, 1.807) is 12.1 Å². The zero-order valence-electron chi connectivity index (χ0n) is 12.1. The molecule has 2 aromatic rings. The molecule has 1 amide bonds. The zero-order valence-corrected chi connectivity index (χ0v) is 13.7. The fourth-order valence-electron chi connectivity index (χ4n) is 2.43. The third kappa shape index (κ3) is 2.95. The van der Waals surface area contributed by atoms with Gasteiger partial charge in [-0.3, -0.25) is 4.79 Å². The first-order valence-corrected chi connectivity index (χ1v) is 7.90. The van der Waals surface area contributed by atoms with Gasteiger partial charge in [0.2, 0.25) is 0 Å². The van der Waals surface area contributed by atoms with Gasteiger partial charge in [-0.05, 0) is 30.7 Å². The number of hydrogen-bond acceptors (Lipinski definition) is 3. The van der Waals surface area contributed by atoms with Gasteiger partial charge in [-0.2, -0.15) is 0 Å². The molecule has 0 fully saturated rings. The average Bonchev–Trinajstić information content (AvgIpc) is 2.54. The Morgan fingerprint density at radius 2 is 1.91 bits per heavy atom. The fraction of sp³-hybridized carbons (Fsp3) is 0.235. The van der Waals surface area contributed by atoms with Crippen molar-refractivity contribution in [2.24, 2.45) is 0 Å². The third-order valence-corrected chi connectivity index (χ3v) is 4.25. The zero-order chi connectivity index (χ0) is 15.5. The molecule has 0 aliphatic carbocycles. The van der Waals surface area contributed by atoms with E-state index in [4.69, 9.17) is 9.47 Å². The highest BCUT2D eigenvalue weighted by molar-refractivity contribution is 9.10. The van der Waals surface area contributed by atoms with Crippen LogP contribution in [0, 0.1) is 0 Å². The van der Waals surface area contributed by atoms with Crippen molar-refractivity contribution in [3.05, 3.63) is 58.1 Å². The molecular formula is C17H16BrNO3. The van der Waals surface area contributed by atoms with Crippen LogP contribution in [0.25, 0.3) is 0 Å². The van der Waals surface area contributed by atoms with Crippen LogP contribution in [0.5, 0.6) is 11.5 Å². The van der Waals surface area contributed by atoms with Crippen molar-refractivity contribution in [2.75, 3.05) is 13.2 Å². The van der Waals surface area contributed by atoms with Gasteiger partial charge in [0, 0.05) is 4.47 Å². The molecule has 1 unspecified atom stereocenters. The van der Waals surface area contributed by atoms with Crippen LogP contribution < -0.4 is 14.8 Å². The fourth-order valence-corrected chi connectivity index (χ4v) is 3.06. The normalized spacial score (nSPS) is 14.3. The first-order valence-electron chi connectivity index (χ1n) is 7.10. The van der Waals surface area contributed by atoms with Crippen molar-refractivity contribution in [2.45, 2.75) is 13.0 Å². The minimum Gasteiger partial charge on any atom is -0.486 e. The van der Waals surface area contributed by atoms with Crippen LogP contribution in [0.4, 0.5) is 0 Å². The summed E-state index contributed by atoms with van der Waals surface area (Å²) in [5.74, 6) is 0.962. The first-order chi connectivity index (χ1) is 10.7. The number of halogens is 1. The van der Waals surface area contributed by atoms with Crippen molar-refractivity contribution in [1.82, 2.24) is 5.32 Å². The lowest BCUT2D eigenvalue weighted by molar-refractivity contribution is 0.0928. The van der Waals surface area contributed by atoms with E-state index in [1.807, 2.05) is 37.3 Å². The van der Waals surface area contributed by atoms with Gasteiger partial charge < -0.3 is 14.8 Å². The second-order valence-corrected chi connectivity index (χ2v) is 5.90. The van der Waals surface area contributed by atoms with Crippen LogP contribution >= 0.6 is 15.9 Å². The molecule has 5 heteroatoms. The van der Waals surface area contributed by atoms with Gasteiger partial charge in [0.25, 0.3) is 5.91 Å². The van der Waals surface area contributed by atoms with Crippen LogP contribution in [0.2, 0.25) is 0 Å². The van der Waals surface area contributed by atoms with Crippen molar-refractivity contribution < 1.29 is 14.3 Å². The van der Waals surface area contributed by atoms with Crippen molar-refractivity contribution >= 4 is 21.8 Å². The number of nitrogens with one attached hydrogen (secondary N) is 1. The molecule has 0 saturated heterocycles. The minimum absolute atomic E-state index is 0.122. The van der Waals surface area contributed by atoms with Crippen LogP contribution in [-0.2, 0) is 0 Å². The Balaban J connectivity index is 1.82. The molecule has 3 rings (SSSR count). The maximum atomic E-state index is 12.5. The Morgan fingerprint density at radius 3 is 2.73 bits per heavy atom. The van der Waals surface area contributed by atoms with E-state index in [1.165, 1.54) is 0 Å². The van der Waals surface area contributed by atoms with Crippen molar-refractivity contribution in [3.63, 3.8) is 0 Å². The highest BCUT2D eigenvalue weighted by Gasteiger charge is 2.22. The Kier molecular flexibility index (Phi) is 4.34. The molecule has 0 aromatic heterocycles. The Hall–Kier alpha value is -2.01. The van der Waals surface area contributed by atoms with Gasteiger partial charge >= 0.3 is 0 Å². The molecule has 114 valence electrons. The van der Waals surface area contributed by atoms with Gasteiger partial charge in [0.1, 0.15) is 13.2 Å². The smallest absolute Gasteiger partial charge is 0.255 e. The molecule has 0 saturated carbocycles. The molecule has 1 aliphatic rings. The van der Waals surface area contributed by atoms with E-state index >= 15 is 0 Å². The number of fused-ring (bicyclic) bond motifs is 1. The van der Waals surface area contributed by atoms with Gasteiger partial charge in [0.05, 0.1) is 11.6 Å². The summed E-state index contributed by atoms with van der Waals surface area (Å²) < 4.78 is 12.1. The van der Waals surface area contributed by atoms with Crippen LogP contribution in [-0.4, -0.2) is 19.1 Å². The predicted octanol–water partition coefficient (Wildman–Crippen LogP) is 3.71. The van der Waals surface area contributed by atoms with Gasteiger partial charge in [0.15, 0.2) is 11.5 Å². The Labute approximate surface area is 137 Å². The average molecular weight is 362 g/mol. The van der Waals surface area contributed by atoms with Gasteiger partial charge in [-0.1, -0.05) is 40.2 Å². The largest absolute Gasteiger partial charge is 0.486 e. The molecule has 1 aliphatic heterocycles. The summed E-state index contributed by atoms with van der Waals surface area (Å²) in [6.45, 7) is 2.91. The summed E-state index contributed by atoms with van der Waals surface area (Å²) >= 11 is 3.51. The number of ether oxygens (including phenoxy) is 2. The lowest BCUT2D eigenvalue weighted by Crippen LogP contribution is -2.28. The quantitative estimate of drug-likeness (QED) is 0.906. The summed E-state index contributed by atoms with van der Waals surface area (Å²) in [6.07, 6.45) is 0. The van der Waals surface area contributed by atoms with Crippen molar-refractivity contribution in [1.29, 1.82) is 0 Å². The first kappa shape index (κ1) is 14.9. The van der Waals surface area contributed by atoms with E-state index in [2.05, 4.69) is 21.2 Å². The summed E-state index contributed by atoms with van der Waals surface area (Å²) in [5, 5.41) is 3.00. The number of para-hydroxylation sites is 1. The highest BCUT2D eigenvalue weighted by Crippen LogP contribution is 2.34. The number of carbonyl (C=O) groups excluding carboxylic acids is 1. The highest BCUT2D eigenvalue weighted by atomic mass is 79.9. The van der Waals surface area contributed by atoms with E-state index in [0.29, 0.717) is 30.3 Å². The standard InChI is InChI=1S/C17H16BrNO3/c1-11(12-5-2-3-7-14(12)18)19-17(20)13-6-4-8-15-16(13)22-10-9-21-15/h2-8,11H,9-10H2,1H3,(H,19,20). The molecule has 0 bridgehead atoms. The van der Waals surface area contributed by atoms with Crippen molar-refractivity contribution in [3.8, 4) is 11.5 Å². The third-order valence-electron chi connectivity index (χ3n) is 3.53. The lowest BCUT2D eigenvalue weighted by atomic mass is 10.1. The topological polar surface area (TPSA) is 47.6 Å². The SMILES string of the molecule is CC(NC(=O)c1cccc2c1OCCO2)c1ccccc1Br. The summed E-state index contributed by atoms with van der Waals surface area (Å²) in [6, 6.07) is 13.1. The van der Waals surface area contributed by atoms with E-state index < -0.39 is 0 Å². The number of benzene rings is 2. The maximum absolute atomic E-state index is 12.5. The molecule has 0 radical (unpaired) electrons. The second-order valence-electron chi connectivity index (χ2n) is 5.05. The number of amides is 1. The number of rotatable bonds is 3. The minimum atomic E-state index is -0.175.